The maximum atomic E-state index is 12.6. The van der Waals surface area contributed by atoms with E-state index < -0.39 is 70.6 Å². The predicted molar refractivity (Wildman–Crippen MR) is 226 cm³/mol. The molecule has 57 heavy (non-hydrogen) atoms. The van der Waals surface area contributed by atoms with Gasteiger partial charge in [0.25, 0.3) is 0 Å². The van der Waals surface area contributed by atoms with E-state index >= 15 is 0 Å². The van der Waals surface area contributed by atoms with Gasteiger partial charge < -0.3 is 34.8 Å². The first-order valence-corrected chi connectivity index (χ1v) is 22.6. The second kappa shape index (κ2) is 38.8. The maximum Gasteiger partial charge on any atom is 0.472 e. The number of aliphatic hydroxyl groups is 4. The lowest BCUT2D eigenvalue weighted by Crippen LogP contribution is -2.30. The van der Waals surface area contributed by atoms with Crippen LogP contribution in [-0.2, 0) is 32.7 Å². The molecule has 0 aliphatic carbocycles. The fraction of sp³-hybridized carbons (Fsp3) is 0.682. The minimum absolute atomic E-state index is 0.0710. The van der Waals surface area contributed by atoms with Crippen molar-refractivity contribution in [3.8, 4) is 0 Å². The number of aliphatic hydroxyl groups excluding tert-OH is 4. The average molecular weight is 827 g/mol. The van der Waals surface area contributed by atoms with E-state index in [-0.39, 0.29) is 25.7 Å². The summed E-state index contributed by atoms with van der Waals surface area (Å²) in [6, 6.07) is 0. The average Bonchev–Trinajstić information content (AvgIpc) is 3.18. The Morgan fingerprint density at radius 2 is 1.11 bits per heavy atom. The first-order valence-electron chi connectivity index (χ1n) is 21.1. The summed E-state index contributed by atoms with van der Waals surface area (Å²) < 4.78 is 32.5. The lowest BCUT2D eigenvalue weighted by molar-refractivity contribution is -0.161. The second-order valence-corrected chi connectivity index (χ2v) is 15.5. The molecule has 0 rings (SSSR count). The number of carbonyl (C=O) groups excluding carboxylic acids is 2. The largest absolute Gasteiger partial charge is 0.472 e. The lowest BCUT2D eigenvalue weighted by Gasteiger charge is -2.20. The molecule has 5 N–H and O–H groups in total. The molecule has 0 fully saturated rings. The van der Waals surface area contributed by atoms with Crippen LogP contribution in [0.1, 0.15) is 142 Å². The molecule has 0 aromatic rings. The monoisotopic (exact) mass is 826 g/mol. The standard InChI is InChI=1S/C44H75O12P/c1-3-5-7-8-9-10-11-12-13-14-15-16-20-23-27-33-43(49)53-37-42(38-55-57(51,52)54-36-41(48)35-45)56-44(50)34-28-32-40(47)31-26-22-19-17-18-21-25-30-39(46)29-24-6-4-2/h10-13,18-19,21-22,25-26,30-31,39-42,45-48H,3-9,14-17,20,23-24,27-29,32-38H2,1-2H3,(H,51,52)/b11-10-,13-12-,21-18-,22-19-,30-25+,31-26+/t39-,40-,41+,42-/m1/s1. The molecule has 0 aromatic carbocycles. The molecule has 12 nitrogen and oxygen atoms in total. The van der Waals surface area contributed by atoms with E-state index in [0.717, 1.165) is 64.2 Å². The van der Waals surface area contributed by atoms with E-state index in [1.807, 2.05) is 24.3 Å². The summed E-state index contributed by atoms with van der Waals surface area (Å²) in [5, 5.41) is 38.5. The molecule has 0 aliphatic rings. The number of allylic oxidation sites excluding steroid dienone is 10. The normalized spacial score (nSPS) is 15.7. The summed E-state index contributed by atoms with van der Waals surface area (Å²) in [5.74, 6) is -1.18. The van der Waals surface area contributed by atoms with Crippen LogP contribution >= 0.6 is 7.82 Å². The zero-order chi connectivity index (χ0) is 42.2. The molecular formula is C44H75O12P. The minimum atomic E-state index is -4.69. The van der Waals surface area contributed by atoms with Crippen molar-refractivity contribution in [1.29, 1.82) is 0 Å². The van der Waals surface area contributed by atoms with Gasteiger partial charge in [0.15, 0.2) is 6.10 Å². The van der Waals surface area contributed by atoms with Crippen LogP contribution in [-0.4, -0.2) is 88.1 Å². The number of esters is 2. The highest BCUT2D eigenvalue weighted by atomic mass is 31.2. The van der Waals surface area contributed by atoms with Crippen molar-refractivity contribution in [2.45, 2.75) is 167 Å². The van der Waals surface area contributed by atoms with Gasteiger partial charge >= 0.3 is 19.8 Å². The van der Waals surface area contributed by atoms with Gasteiger partial charge in [0, 0.05) is 12.8 Å². The van der Waals surface area contributed by atoms with E-state index in [2.05, 4.69) is 42.7 Å². The maximum absolute atomic E-state index is 12.6. The highest BCUT2D eigenvalue weighted by molar-refractivity contribution is 7.47. The number of ether oxygens (including phenoxy) is 2. The predicted octanol–water partition coefficient (Wildman–Crippen LogP) is 8.83. The quantitative estimate of drug-likeness (QED) is 0.0172. The topological polar surface area (TPSA) is 189 Å². The number of carbonyl (C=O) groups is 2. The summed E-state index contributed by atoms with van der Waals surface area (Å²) in [5.41, 5.74) is 0. The summed E-state index contributed by atoms with van der Waals surface area (Å²) >= 11 is 0. The van der Waals surface area contributed by atoms with Crippen LogP contribution in [0.2, 0.25) is 0 Å². The Balaban J connectivity index is 4.61. The first-order chi connectivity index (χ1) is 27.5. The molecule has 13 heteroatoms. The molecule has 0 amide bonds. The fourth-order valence-corrected chi connectivity index (χ4v) is 5.99. The zero-order valence-corrected chi connectivity index (χ0v) is 35.6. The molecule has 0 spiro atoms. The van der Waals surface area contributed by atoms with Gasteiger partial charge in [-0.15, -0.1) is 0 Å². The first kappa shape index (κ1) is 54.3. The Kier molecular flexibility index (Phi) is 37.0. The third kappa shape index (κ3) is 38.6. The Morgan fingerprint density at radius 1 is 0.596 bits per heavy atom. The summed E-state index contributed by atoms with van der Waals surface area (Å²) in [6.45, 7) is 1.95. The number of hydrogen-bond donors (Lipinski definition) is 5. The van der Waals surface area contributed by atoms with Crippen molar-refractivity contribution >= 4 is 19.8 Å². The molecule has 0 heterocycles. The number of hydrogen-bond acceptors (Lipinski definition) is 11. The van der Waals surface area contributed by atoms with E-state index in [4.69, 9.17) is 19.1 Å². The van der Waals surface area contributed by atoms with Gasteiger partial charge in [-0.05, 0) is 57.8 Å². The molecule has 328 valence electrons. The Hall–Kier alpha value is -2.67. The van der Waals surface area contributed by atoms with E-state index in [9.17, 15) is 34.4 Å². The Bertz CT molecular complexity index is 1210. The minimum Gasteiger partial charge on any atom is -0.462 e. The van der Waals surface area contributed by atoms with Gasteiger partial charge in [0.2, 0.25) is 0 Å². The van der Waals surface area contributed by atoms with Crippen LogP contribution in [0.25, 0.3) is 0 Å². The third-order valence-corrected chi connectivity index (χ3v) is 9.52. The van der Waals surface area contributed by atoms with Gasteiger partial charge in [-0.1, -0.05) is 145 Å². The molecule has 0 aliphatic heterocycles. The molecule has 0 saturated carbocycles. The molecular weight excluding hydrogens is 751 g/mol. The zero-order valence-electron chi connectivity index (χ0n) is 34.7. The second-order valence-electron chi connectivity index (χ2n) is 14.1. The van der Waals surface area contributed by atoms with Crippen molar-refractivity contribution in [2.75, 3.05) is 26.4 Å². The van der Waals surface area contributed by atoms with Crippen LogP contribution in [0.3, 0.4) is 0 Å². The molecule has 0 radical (unpaired) electrons. The van der Waals surface area contributed by atoms with E-state index in [1.54, 1.807) is 24.3 Å². The molecule has 0 bridgehead atoms. The van der Waals surface area contributed by atoms with Crippen LogP contribution in [0.15, 0.2) is 72.9 Å². The molecule has 0 saturated heterocycles. The summed E-state index contributed by atoms with van der Waals surface area (Å²) in [6.07, 6.45) is 36.5. The van der Waals surface area contributed by atoms with Crippen molar-refractivity contribution in [2.24, 2.45) is 0 Å². The van der Waals surface area contributed by atoms with E-state index in [1.165, 1.54) is 25.7 Å². The van der Waals surface area contributed by atoms with Gasteiger partial charge in [0.1, 0.15) is 12.7 Å². The Labute approximate surface area is 343 Å². The summed E-state index contributed by atoms with van der Waals surface area (Å²) in [4.78, 5) is 35.0. The van der Waals surface area contributed by atoms with Gasteiger partial charge in [0.05, 0.1) is 32.0 Å². The number of phosphoric acid groups is 1. The highest BCUT2D eigenvalue weighted by Crippen LogP contribution is 2.43. The SMILES string of the molecule is CCCCCC/C=C\C=C/CCCCCCCC(=O)OC[C@H](COP(=O)(O)OC[C@@H](O)CO)OC(=O)CCC[C@H](O)/C=C/C=C\C/C=C\C=C\[C@H](O)CCCCC. The van der Waals surface area contributed by atoms with Crippen LogP contribution in [0, 0.1) is 0 Å². The molecule has 1 unspecified atom stereocenters. The summed E-state index contributed by atoms with van der Waals surface area (Å²) in [7, 11) is -4.69. The highest BCUT2D eigenvalue weighted by Gasteiger charge is 2.27. The number of unbranched alkanes of at least 4 members (excludes halogenated alkanes) is 11. The fourth-order valence-electron chi connectivity index (χ4n) is 5.20. The lowest BCUT2D eigenvalue weighted by atomic mass is 10.1. The van der Waals surface area contributed by atoms with Crippen LogP contribution < -0.4 is 0 Å². The van der Waals surface area contributed by atoms with Crippen molar-refractivity contribution in [3.63, 3.8) is 0 Å². The van der Waals surface area contributed by atoms with Gasteiger partial charge in [-0.3, -0.25) is 18.6 Å². The van der Waals surface area contributed by atoms with Crippen molar-refractivity contribution < 1.29 is 58.0 Å². The smallest absolute Gasteiger partial charge is 0.462 e. The number of rotatable bonds is 38. The van der Waals surface area contributed by atoms with Crippen LogP contribution in [0.5, 0.6) is 0 Å². The molecule has 0 aromatic heterocycles. The Morgan fingerprint density at radius 3 is 1.72 bits per heavy atom. The third-order valence-electron chi connectivity index (χ3n) is 8.57. The van der Waals surface area contributed by atoms with E-state index in [0.29, 0.717) is 12.8 Å². The molecule has 5 atom stereocenters. The van der Waals surface area contributed by atoms with Crippen molar-refractivity contribution in [3.05, 3.63) is 72.9 Å². The van der Waals surface area contributed by atoms with Crippen LogP contribution in [0.4, 0.5) is 0 Å². The van der Waals surface area contributed by atoms with Crippen molar-refractivity contribution in [1.82, 2.24) is 0 Å². The van der Waals surface area contributed by atoms with Gasteiger partial charge in [-0.2, -0.15) is 0 Å². The van der Waals surface area contributed by atoms with Gasteiger partial charge in [-0.25, -0.2) is 4.57 Å². The number of phosphoric ester groups is 1.